The summed E-state index contributed by atoms with van der Waals surface area (Å²) in [7, 11) is 0. The Hall–Kier alpha value is -1.06. The molecule has 3 nitrogen and oxygen atoms in total. The summed E-state index contributed by atoms with van der Waals surface area (Å²) in [4.78, 5) is 2.52. The number of para-hydroxylation sites is 1. The van der Waals surface area contributed by atoms with E-state index < -0.39 is 0 Å². The third-order valence-corrected chi connectivity index (χ3v) is 3.74. The van der Waals surface area contributed by atoms with Crippen molar-refractivity contribution in [1.29, 1.82) is 0 Å². The summed E-state index contributed by atoms with van der Waals surface area (Å²) < 4.78 is 6.11. The van der Waals surface area contributed by atoms with Crippen LogP contribution in [-0.2, 0) is 11.2 Å². The Balaban J connectivity index is 1.86. The Kier molecular flexibility index (Phi) is 4.40. The van der Waals surface area contributed by atoms with Crippen LogP contribution in [0.15, 0.2) is 24.3 Å². The van der Waals surface area contributed by atoms with Crippen LogP contribution in [0.2, 0.25) is 0 Å². The first kappa shape index (κ1) is 15.3. The number of rotatable bonds is 4. The van der Waals surface area contributed by atoms with Crippen molar-refractivity contribution in [2.45, 2.75) is 51.7 Å². The van der Waals surface area contributed by atoms with Gasteiger partial charge in [-0.25, -0.2) is 0 Å². The van der Waals surface area contributed by atoms with E-state index in [-0.39, 0.29) is 11.2 Å². The molecule has 2 N–H and O–H groups in total. The van der Waals surface area contributed by atoms with Crippen LogP contribution in [0.5, 0.6) is 0 Å². The summed E-state index contributed by atoms with van der Waals surface area (Å²) in [6, 6.07) is 8.16. The fourth-order valence-electron chi connectivity index (χ4n) is 3.36. The third kappa shape index (κ3) is 4.22. The zero-order chi connectivity index (χ0) is 14.8. The highest BCUT2D eigenvalue weighted by molar-refractivity contribution is 5.46. The lowest BCUT2D eigenvalue weighted by Gasteiger charge is -2.47. The maximum Gasteiger partial charge on any atom is 0.0760 e. The lowest BCUT2D eigenvalue weighted by molar-refractivity contribution is -0.180. The quantitative estimate of drug-likeness (QED) is 0.859. The molecule has 0 radical (unpaired) electrons. The molecule has 1 aromatic carbocycles. The van der Waals surface area contributed by atoms with Crippen LogP contribution in [0.1, 0.15) is 39.7 Å². The van der Waals surface area contributed by atoms with Gasteiger partial charge in [0.15, 0.2) is 0 Å². The SMILES string of the molecule is CC1(C)CN(CCCc2ccccc2N)CC(C)(C)O1. The molecule has 2 rings (SSSR count). The molecule has 1 aliphatic rings. The van der Waals surface area contributed by atoms with Gasteiger partial charge in [0, 0.05) is 18.8 Å². The van der Waals surface area contributed by atoms with Gasteiger partial charge in [-0.3, -0.25) is 4.90 Å². The topological polar surface area (TPSA) is 38.5 Å². The minimum absolute atomic E-state index is 0.0620. The third-order valence-electron chi connectivity index (χ3n) is 3.74. The fraction of sp³-hybridized carbons (Fsp3) is 0.647. The minimum Gasteiger partial charge on any atom is -0.399 e. The second-order valence-corrected chi connectivity index (χ2v) is 7.13. The largest absolute Gasteiger partial charge is 0.399 e. The van der Waals surface area contributed by atoms with E-state index in [1.165, 1.54) is 5.56 Å². The number of anilines is 1. The number of hydrogen-bond donors (Lipinski definition) is 1. The Bertz CT molecular complexity index is 438. The Labute approximate surface area is 123 Å². The van der Waals surface area contributed by atoms with Crippen molar-refractivity contribution in [3.8, 4) is 0 Å². The number of nitrogens with zero attached hydrogens (tertiary/aromatic N) is 1. The van der Waals surface area contributed by atoms with Crippen LogP contribution in [0, 0.1) is 0 Å². The van der Waals surface area contributed by atoms with E-state index in [0.29, 0.717) is 0 Å². The summed E-state index contributed by atoms with van der Waals surface area (Å²) in [5.74, 6) is 0. The van der Waals surface area contributed by atoms with Crippen molar-refractivity contribution < 1.29 is 4.74 Å². The standard InChI is InChI=1S/C17H28N2O/c1-16(2)12-19(13-17(3,4)20-16)11-7-9-14-8-5-6-10-15(14)18/h5-6,8,10H,7,9,11-13,18H2,1-4H3. The van der Waals surface area contributed by atoms with Crippen LogP contribution in [0.3, 0.4) is 0 Å². The van der Waals surface area contributed by atoms with Gasteiger partial charge < -0.3 is 10.5 Å². The summed E-state index contributed by atoms with van der Waals surface area (Å²) in [6.07, 6.45) is 2.19. The van der Waals surface area contributed by atoms with Crippen LogP contribution in [0.25, 0.3) is 0 Å². The molecular weight excluding hydrogens is 248 g/mol. The lowest BCUT2D eigenvalue weighted by Crippen LogP contribution is -2.57. The minimum atomic E-state index is -0.0620. The van der Waals surface area contributed by atoms with Gasteiger partial charge in [0.2, 0.25) is 0 Å². The Morgan fingerprint density at radius 2 is 1.70 bits per heavy atom. The van der Waals surface area contributed by atoms with E-state index in [0.717, 1.165) is 38.2 Å². The van der Waals surface area contributed by atoms with Crippen molar-refractivity contribution in [3.05, 3.63) is 29.8 Å². The summed E-state index contributed by atoms with van der Waals surface area (Å²) >= 11 is 0. The van der Waals surface area contributed by atoms with Crippen LogP contribution in [-0.4, -0.2) is 35.7 Å². The number of morpholine rings is 1. The first-order valence-corrected chi connectivity index (χ1v) is 7.53. The van der Waals surface area contributed by atoms with Gasteiger partial charge in [-0.15, -0.1) is 0 Å². The molecule has 0 atom stereocenters. The molecule has 0 amide bonds. The zero-order valence-corrected chi connectivity index (χ0v) is 13.3. The molecule has 0 saturated carbocycles. The molecule has 1 saturated heterocycles. The molecule has 0 aromatic heterocycles. The molecule has 3 heteroatoms. The molecule has 0 aliphatic carbocycles. The number of benzene rings is 1. The van der Waals surface area contributed by atoms with Gasteiger partial charge >= 0.3 is 0 Å². The van der Waals surface area contributed by atoms with Gasteiger partial charge in [0.05, 0.1) is 11.2 Å². The first-order valence-electron chi connectivity index (χ1n) is 7.53. The predicted octanol–water partition coefficient (Wildman–Crippen LogP) is 3.09. The molecule has 112 valence electrons. The average Bonchev–Trinajstić information content (AvgIpc) is 2.27. The highest BCUT2D eigenvalue weighted by atomic mass is 16.5. The van der Waals surface area contributed by atoms with Crippen LogP contribution >= 0.6 is 0 Å². The van der Waals surface area contributed by atoms with Crippen molar-refractivity contribution in [3.63, 3.8) is 0 Å². The molecule has 0 spiro atoms. The van der Waals surface area contributed by atoms with Crippen LogP contribution < -0.4 is 5.73 Å². The van der Waals surface area contributed by atoms with Gasteiger partial charge in [-0.2, -0.15) is 0 Å². The highest BCUT2D eigenvalue weighted by Crippen LogP contribution is 2.28. The van der Waals surface area contributed by atoms with Gasteiger partial charge in [0.1, 0.15) is 0 Å². The molecule has 1 aromatic rings. The predicted molar refractivity (Wildman–Crippen MR) is 84.9 cm³/mol. The van der Waals surface area contributed by atoms with Crippen molar-refractivity contribution in [2.24, 2.45) is 0 Å². The van der Waals surface area contributed by atoms with E-state index >= 15 is 0 Å². The molecule has 1 aliphatic heterocycles. The van der Waals surface area contributed by atoms with Crippen molar-refractivity contribution in [1.82, 2.24) is 4.90 Å². The summed E-state index contributed by atoms with van der Waals surface area (Å²) in [5, 5.41) is 0. The van der Waals surface area contributed by atoms with Gasteiger partial charge in [-0.1, -0.05) is 18.2 Å². The Morgan fingerprint density at radius 1 is 1.10 bits per heavy atom. The van der Waals surface area contributed by atoms with E-state index in [4.69, 9.17) is 10.5 Å². The maximum atomic E-state index is 6.11. The van der Waals surface area contributed by atoms with Gasteiger partial charge in [0.25, 0.3) is 0 Å². The summed E-state index contributed by atoms with van der Waals surface area (Å²) in [5.41, 5.74) is 8.04. The molecule has 20 heavy (non-hydrogen) atoms. The lowest BCUT2D eigenvalue weighted by atomic mass is 9.98. The van der Waals surface area contributed by atoms with Gasteiger partial charge in [-0.05, 0) is 58.7 Å². The van der Waals surface area contributed by atoms with Crippen molar-refractivity contribution >= 4 is 5.69 Å². The second kappa shape index (κ2) is 5.74. The monoisotopic (exact) mass is 276 g/mol. The molecule has 0 bridgehead atoms. The normalized spacial score (nSPS) is 21.8. The number of nitrogen functional groups attached to an aromatic ring is 1. The molecule has 0 unspecified atom stereocenters. The number of nitrogens with two attached hydrogens (primary N) is 1. The zero-order valence-electron chi connectivity index (χ0n) is 13.3. The molecular formula is C17H28N2O. The van der Waals surface area contributed by atoms with E-state index in [2.05, 4.69) is 44.7 Å². The second-order valence-electron chi connectivity index (χ2n) is 7.13. The average molecular weight is 276 g/mol. The fourth-order valence-corrected chi connectivity index (χ4v) is 3.36. The summed E-state index contributed by atoms with van der Waals surface area (Å²) in [6.45, 7) is 11.8. The molecule has 1 fully saturated rings. The van der Waals surface area contributed by atoms with Crippen LogP contribution in [0.4, 0.5) is 5.69 Å². The first-order chi connectivity index (χ1) is 9.27. The van der Waals surface area contributed by atoms with E-state index in [1.54, 1.807) is 0 Å². The number of aryl methyl sites for hydroxylation is 1. The smallest absolute Gasteiger partial charge is 0.0760 e. The molecule has 1 heterocycles. The number of hydrogen-bond acceptors (Lipinski definition) is 3. The highest BCUT2D eigenvalue weighted by Gasteiger charge is 2.37. The Morgan fingerprint density at radius 3 is 2.30 bits per heavy atom. The van der Waals surface area contributed by atoms with E-state index in [1.807, 2.05) is 12.1 Å². The number of ether oxygens (including phenoxy) is 1. The van der Waals surface area contributed by atoms with E-state index in [9.17, 15) is 0 Å². The maximum absolute atomic E-state index is 6.11. The van der Waals surface area contributed by atoms with Crippen molar-refractivity contribution in [2.75, 3.05) is 25.4 Å².